The molecule has 22 heavy (non-hydrogen) atoms. The van der Waals surface area contributed by atoms with Crippen molar-refractivity contribution in [2.24, 2.45) is 11.6 Å². The van der Waals surface area contributed by atoms with Gasteiger partial charge in [0.1, 0.15) is 0 Å². The summed E-state index contributed by atoms with van der Waals surface area (Å²) in [6.07, 6.45) is -2.32. The van der Waals surface area contributed by atoms with Crippen LogP contribution in [-0.2, 0) is 11.0 Å². The number of hydrazine groups is 1. The number of nitrogens with zero attached hydrogens (tertiary/aromatic N) is 1. The van der Waals surface area contributed by atoms with Gasteiger partial charge >= 0.3 is 6.18 Å². The van der Waals surface area contributed by atoms with Crippen molar-refractivity contribution < 1.29 is 22.8 Å². The second-order valence-electron chi connectivity index (χ2n) is 4.48. The molecular formula is C13H16F3N3O2S. The summed E-state index contributed by atoms with van der Waals surface area (Å²) in [5.74, 6) is 4.35. The molecule has 0 saturated carbocycles. The molecule has 0 aromatic heterocycles. The lowest BCUT2D eigenvalue weighted by atomic mass is 10.1. The number of amides is 2. The van der Waals surface area contributed by atoms with E-state index in [2.05, 4.69) is 0 Å². The molecule has 1 aromatic rings. The Morgan fingerprint density at radius 2 is 1.82 bits per heavy atom. The van der Waals surface area contributed by atoms with Crippen molar-refractivity contribution in [3.63, 3.8) is 0 Å². The summed E-state index contributed by atoms with van der Waals surface area (Å²) in [4.78, 5) is 23.8. The molecule has 122 valence electrons. The summed E-state index contributed by atoms with van der Waals surface area (Å²) < 4.78 is 37.3. The van der Waals surface area contributed by atoms with E-state index in [4.69, 9.17) is 11.6 Å². The van der Waals surface area contributed by atoms with Gasteiger partial charge in [-0.15, -0.1) is 0 Å². The van der Waals surface area contributed by atoms with Gasteiger partial charge in [-0.3, -0.25) is 9.59 Å². The lowest BCUT2D eigenvalue weighted by Gasteiger charge is -2.19. The van der Waals surface area contributed by atoms with Crippen LogP contribution >= 0.6 is 11.8 Å². The number of nitrogens with two attached hydrogens (primary N) is 2. The largest absolute Gasteiger partial charge is 0.416 e. The van der Waals surface area contributed by atoms with Crippen molar-refractivity contribution in [1.82, 2.24) is 5.01 Å². The van der Waals surface area contributed by atoms with Crippen LogP contribution in [0.3, 0.4) is 0 Å². The van der Waals surface area contributed by atoms with Crippen LogP contribution in [0.4, 0.5) is 13.2 Å². The first-order valence-corrected chi connectivity index (χ1v) is 7.62. The Balaban J connectivity index is 2.80. The van der Waals surface area contributed by atoms with E-state index in [1.807, 2.05) is 6.26 Å². The highest BCUT2D eigenvalue weighted by molar-refractivity contribution is 7.98. The van der Waals surface area contributed by atoms with Crippen molar-refractivity contribution in [1.29, 1.82) is 0 Å². The summed E-state index contributed by atoms with van der Waals surface area (Å²) in [5.41, 5.74) is 4.60. The predicted octanol–water partition coefficient (Wildman–Crippen LogP) is 1.63. The number of carbonyl (C=O) groups is 2. The molecule has 0 fully saturated rings. The van der Waals surface area contributed by atoms with Gasteiger partial charge in [0.25, 0.3) is 11.8 Å². The lowest BCUT2D eigenvalue weighted by molar-refractivity contribution is -0.137. The van der Waals surface area contributed by atoms with E-state index in [1.165, 1.54) is 11.8 Å². The van der Waals surface area contributed by atoms with Gasteiger partial charge in [-0.2, -0.15) is 24.9 Å². The Morgan fingerprint density at radius 3 is 2.27 bits per heavy atom. The Labute approximate surface area is 129 Å². The van der Waals surface area contributed by atoms with Gasteiger partial charge in [0.15, 0.2) is 0 Å². The third-order valence-corrected chi connectivity index (χ3v) is 3.51. The fraction of sp³-hybridized carbons (Fsp3) is 0.385. The molecule has 1 atom stereocenters. The van der Waals surface area contributed by atoms with Gasteiger partial charge < -0.3 is 5.73 Å². The van der Waals surface area contributed by atoms with Crippen molar-refractivity contribution >= 4 is 23.6 Å². The van der Waals surface area contributed by atoms with Crippen LogP contribution < -0.4 is 11.6 Å². The third kappa shape index (κ3) is 4.72. The molecule has 0 aliphatic rings. The summed E-state index contributed by atoms with van der Waals surface area (Å²) in [5, 5.41) is 0.341. The number of benzene rings is 1. The molecule has 0 aliphatic heterocycles. The minimum absolute atomic E-state index is 0.124. The zero-order chi connectivity index (χ0) is 16.9. The first-order chi connectivity index (χ1) is 10.2. The molecule has 0 heterocycles. The molecule has 4 N–H and O–H groups in total. The highest BCUT2D eigenvalue weighted by atomic mass is 32.2. The van der Waals surface area contributed by atoms with Gasteiger partial charge in [0.05, 0.1) is 11.6 Å². The standard InChI is InChI=1S/C13H16F3N3O2S/c1-22-7-6-10(17)12(21)19(18)11(20)8-2-4-9(5-3-8)13(14,15)16/h2-5,10H,6-7,17-18H2,1H3/t10-/m0/s1. The number of thioether (sulfide) groups is 1. The smallest absolute Gasteiger partial charge is 0.320 e. The van der Waals surface area contributed by atoms with Crippen molar-refractivity contribution in [3.8, 4) is 0 Å². The number of halogens is 3. The monoisotopic (exact) mass is 335 g/mol. The van der Waals surface area contributed by atoms with Crippen LogP contribution in [-0.4, -0.2) is 34.9 Å². The van der Waals surface area contributed by atoms with E-state index in [9.17, 15) is 22.8 Å². The van der Waals surface area contributed by atoms with Crippen LogP contribution in [0.25, 0.3) is 0 Å². The Bertz CT molecular complexity index is 534. The minimum atomic E-state index is -4.50. The average Bonchev–Trinajstić information content (AvgIpc) is 2.49. The van der Waals surface area contributed by atoms with E-state index in [0.717, 1.165) is 24.3 Å². The number of hydrogen-bond acceptors (Lipinski definition) is 5. The fourth-order valence-electron chi connectivity index (χ4n) is 1.59. The first kappa shape index (κ1) is 18.5. The number of hydrogen-bond donors (Lipinski definition) is 2. The molecule has 2 amide bonds. The molecule has 0 aliphatic carbocycles. The van der Waals surface area contributed by atoms with E-state index in [1.54, 1.807) is 0 Å². The average molecular weight is 335 g/mol. The van der Waals surface area contributed by atoms with Crippen LogP contribution in [0.15, 0.2) is 24.3 Å². The molecule has 0 saturated heterocycles. The molecule has 5 nitrogen and oxygen atoms in total. The van der Waals surface area contributed by atoms with Crippen LogP contribution in [0.2, 0.25) is 0 Å². The topological polar surface area (TPSA) is 89.4 Å². The zero-order valence-electron chi connectivity index (χ0n) is 11.8. The van der Waals surface area contributed by atoms with Crippen LogP contribution in [0.5, 0.6) is 0 Å². The normalized spacial score (nSPS) is 12.8. The zero-order valence-corrected chi connectivity index (χ0v) is 12.6. The van der Waals surface area contributed by atoms with Crippen molar-refractivity contribution in [3.05, 3.63) is 35.4 Å². The van der Waals surface area contributed by atoms with Gasteiger partial charge in [-0.05, 0) is 42.7 Å². The number of alkyl halides is 3. The summed E-state index contributed by atoms with van der Waals surface area (Å²) >= 11 is 1.48. The molecule has 0 bridgehead atoms. The van der Waals surface area contributed by atoms with Gasteiger partial charge in [-0.1, -0.05) is 0 Å². The van der Waals surface area contributed by atoms with E-state index >= 15 is 0 Å². The fourth-order valence-corrected chi connectivity index (χ4v) is 2.08. The first-order valence-electron chi connectivity index (χ1n) is 6.23. The second kappa shape index (κ2) is 7.61. The second-order valence-corrected chi connectivity index (χ2v) is 5.46. The third-order valence-electron chi connectivity index (χ3n) is 2.87. The van der Waals surface area contributed by atoms with Gasteiger partial charge in [0, 0.05) is 5.56 Å². The van der Waals surface area contributed by atoms with E-state index in [-0.39, 0.29) is 5.56 Å². The molecule has 9 heteroatoms. The Morgan fingerprint density at radius 1 is 1.27 bits per heavy atom. The van der Waals surface area contributed by atoms with Crippen LogP contribution in [0, 0.1) is 0 Å². The van der Waals surface area contributed by atoms with Crippen LogP contribution in [0.1, 0.15) is 22.3 Å². The Hall–Kier alpha value is -1.58. The number of rotatable bonds is 5. The van der Waals surface area contributed by atoms with Crippen molar-refractivity contribution in [2.45, 2.75) is 18.6 Å². The lowest BCUT2D eigenvalue weighted by Crippen LogP contribution is -2.50. The van der Waals surface area contributed by atoms with Gasteiger partial charge in [-0.25, -0.2) is 10.9 Å². The molecule has 1 rings (SSSR count). The molecule has 0 unspecified atom stereocenters. The maximum absolute atomic E-state index is 12.4. The Kier molecular flexibility index (Phi) is 6.39. The number of imide groups is 1. The molecule has 0 radical (unpaired) electrons. The highest BCUT2D eigenvalue weighted by Gasteiger charge is 2.31. The molecule has 0 spiro atoms. The van der Waals surface area contributed by atoms with Crippen molar-refractivity contribution in [2.75, 3.05) is 12.0 Å². The summed E-state index contributed by atoms with van der Waals surface area (Å²) in [6.45, 7) is 0. The summed E-state index contributed by atoms with van der Waals surface area (Å²) in [7, 11) is 0. The summed E-state index contributed by atoms with van der Waals surface area (Å²) in [6, 6.07) is 2.49. The molecular weight excluding hydrogens is 319 g/mol. The van der Waals surface area contributed by atoms with E-state index < -0.39 is 29.6 Å². The molecule has 1 aromatic carbocycles. The SMILES string of the molecule is CSCC[C@H](N)C(=O)N(N)C(=O)c1ccc(C(F)(F)F)cc1. The number of carbonyl (C=O) groups excluding carboxylic acids is 2. The minimum Gasteiger partial charge on any atom is -0.320 e. The maximum atomic E-state index is 12.4. The highest BCUT2D eigenvalue weighted by Crippen LogP contribution is 2.29. The maximum Gasteiger partial charge on any atom is 0.416 e. The van der Waals surface area contributed by atoms with Gasteiger partial charge in [0.2, 0.25) is 0 Å². The van der Waals surface area contributed by atoms with E-state index in [0.29, 0.717) is 17.2 Å². The quantitative estimate of drug-likeness (QED) is 0.485. The predicted molar refractivity (Wildman–Crippen MR) is 77.8 cm³/mol.